The number of rotatable bonds is 5. The van der Waals surface area contributed by atoms with Gasteiger partial charge in [0.15, 0.2) is 0 Å². The molecule has 17 heavy (non-hydrogen) atoms. The molecule has 1 rings (SSSR count). The number of carbonyl (C=O) groups is 3. The summed E-state index contributed by atoms with van der Waals surface area (Å²) in [6, 6.07) is -0.598. The first-order valence-electron chi connectivity index (χ1n) is 5.29. The number of aliphatic carboxylic acids is 1. The number of nitrogens with one attached hydrogen (secondary N) is 2. The molecular formula is C10H17N3O4. The van der Waals surface area contributed by atoms with Crippen molar-refractivity contribution >= 4 is 17.9 Å². The second kappa shape index (κ2) is 4.23. The summed E-state index contributed by atoms with van der Waals surface area (Å²) in [6.45, 7) is 3.25. The van der Waals surface area contributed by atoms with Gasteiger partial charge in [0.25, 0.3) is 0 Å². The molecule has 1 fully saturated rings. The Morgan fingerprint density at radius 2 is 1.88 bits per heavy atom. The van der Waals surface area contributed by atoms with Crippen molar-refractivity contribution in [1.29, 1.82) is 0 Å². The largest absolute Gasteiger partial charge is 0.480 e. The van der Waals surface area contributed by atoms with Crippen LogP contribution < -0.4 is 16.4 Å². The Kier molecular flexibility index (Phi) is 3.30. The first-order valence-corrected chi connectivity index (χ1v) is 5.29. The first-order chi connectivity index (χ1) is 7.69. The fraction of sp³-hybridized carbons (Fsp3) is 0.700. The van der Waals surface area contributed by atoms with E-state index in [0.717, 1.165) is 0 Å². The van der Waals surface area contributed by atoms with Gasteiger partial charge in [0.05, 0.1) is 5.41 Å². The van der Waals surface area contributed by atoms with Crippen molar-refractivity contribution in [3.05, 3.63) is 0 Å². The molecule has 0 aliphatic heterocycles. The summed E-state index contributed by atoms with van der Waals surface area (Å²) in [5, 5.41) is 13.7. The van der Waals surface area contributed by atoms with Crippen LogP contribution in [-0.4, -0.2) is 35.1 Å². The van der Waals surface area contributed by atoms with Crippen LogP contribution in [0.5, 0.6) is 0 Å². The zero-order valence-electron chi connectivity index (χ0n) is 9.87. The second-order valence-corrected chi connectivity index (χ2v) is 4.94. The van der Waals surface area contributed by atoms with Gasteiger partial charge in [-0.15, -0.1) is 0 Å². The van der Waals surface area contributed by atoms with Crippen molar-refractivity contribution in [1.82, 2.24) is 10.6 Å². The van der Waals surface area contributed by atoms with Crippen LogP contribution in [0, 0.1) is 5.41 Å². The summed E-state index contributed by atoms with van der Waals surface area (Å²) in [4.78, 5) is 33.2. The van der Waals surface area contributed by atoms with Crippen molar-refractivity contribution < 1.29 is 19.5 Å². The minimum Gasteiger partial charge on any atom is -0.480 e. The molecular weight excluding hydrogens is 226 g/mol. The van der Waals surface area contributed by atoms with Gasteiger partial charge in [0.1, 0.15) is 5.54 Å². The Morgan fingerprint density at radius 3 is 2.24 bits per heavy atom. The molecule has 1 saturated carbocycles. The summed E-state index contributed by atoms with van der Waals surface area (Å²) >= 11 is 0. The third-order valence-corrected chi connectivity index (χ3v) is 2.87. The molecule has 0 aromatic carbocycles. The molecule has 3 amide bonds. The van der Waals surface area contributed by atoms with E-state index in [0.29, 0.717) is 12.8 Å². The number of hydrogen-bond acceptors (Lipinski definition) is 3. The van der Waals surface area contributed by atoms with Crippen molar-refractivity contribution in [2.45, 2.75) is 32.2 Å². The molecule has 96 valence electrons. The van der Waals surface area contributed by atoms with Crippen molar-refractivity contribution in [3.63, 3.8) is 0 Å². The summed E-state index contributed by atoms with van der Waals surface area (Å²) in [6.07, 6.45) is 0.851. The fourth-order valence-corrected chi connectivity index (χ4v) is 1.17. The molecule has 0 heterocycles. The summed E-state index contributed by atoms with van der Waals surface area (Å²) in [5.74, 6) is -1.57. The number of urea groups is 1. The summed E-state index contributed by atoms with van der Waals surface area (Å²) < 4.78 is 0. The lowest BCUT2D eigenvalue weighted by Crippen LogP contribution is -2.51. The lowest BCUT2D eigenvalue weighted by molar-refractivity contribution is -0.140. The first kappa shape index (κ1) is 13.3. The van der Waals surface area contributed by atoms with E-state index in [-0.39, 0.29) is 6.54 Å². The van der Waals surface area contributed by atoms with Crippen molar-refractivity contribution in [3.8, 4) is 0 Å². The Hall–Kier alpha value is -1.79. The molecule has 0 spiro atoms. The molecule has 1 aliphatic rings. The number of nitrogens with two attached hydrogens (primary N) is 1. The predicted octanol–water partition coefficient (Wildman–Crippen LogP) is -0.586. The van der Waals surface area contributed by atoms with Crippen LogP contribution in [0.15, 0.2) is 0 Å². The third kappa shape index (κ3) is 3.08. The van der Waals surface area contributed by atoms with E-state index >= 15 is 0 Å². The Bertz CT molecular complexity index is 361. The molecule has 0 bridgehead atoms. The SMILES string of the molecule is CC(C)(CNC(=O)NC1(C(=O)O)CC1)C(N)=O. The van der Waals surface area contributed by atoms with Gasteiger partial charge in [-0.1, -0.05) is 0 Å². The van der Waals surface area contributed by atoms with E-state index in [1.54, 1.807) is 13.8 Å². The number of carbonyl (C=O) groups excluding carboxylic acids is 2. The maximum absolute atomic E-state index is 11.4. The molecule has 0 saturated heterocycles. The van der Waals surface area contributed by atoms with Gasteiger partial charge in [0.2, 0.25) is 5.91 Å². The minimum atomic E-state index is -1.12. The summed E-state index contributed by atoms with van der Waals surface area (Å²) in [7, 11) is 0. The molecule has 0 atom stereocenters. The van der Waals surface area contributed by atoms with Crippen LogP contribution in [0.2, 0.25) is 0 Å². The van der Waals surface area contributed by atoms with Gasteiger partial charge in [-0.2, -0.15) is 0 Å². The Balaban J connectivity index is 2.42. The van der Waals surface area contributed by atoms with Gasteiger partial charge < -0.3 is 21.5 Å². The highest BCUT2D eigenvalue weighted by Gasteiger charge is 2.51. The second-order valence-electron chi connectivity index (χ2n) is 4.94. The maximum atomic E-state index is 11.4. The van der Waals surface area contributed by atoms with Gasteiger partial charge in [-0.3, -0.25) is 4.79 Å². The topological polar surface area (TPSA) is 122 Å². The van der Waals surface area contributed by atoms with Crippen LogP contribution in [0.3, 0.4) is 0 Å². The number of primary amides is 1. The van der Waals surface area contributed by atoms with E-state index in [1.807, 2.05) is 0 Å². The van der Waals surface area contributed by atoms with Gasteiger partial charge in [-0.05, 0) is 26.7 Å². The van der Waals surface area contributed by atoms with Crippen LogP contribution in [0.25, 0.3) is 0 Å². The molecule has 1 aliphatic carbocycles. The molecule has 5 N–H and O–H groups in total. The number of carboxylic acids is 1. The molecule has 0 radical (unpaired) electrons. The average Bonchev–Trinajstić information content (AvgIpc) is 2.96. The zero-order valence-corrected chi connectivity index (χ0v) is 9.87. The summed E-state index contributed by atoms with van der Waals surface area (Å²) in [5.41, 5.74) is 3.15. The standard InChI is InChI=1S/C10H17N3O4/c1-9(2,6(11)14)5-12-8(17)13-10(3-4-10)7(15)16/h3-5H2,1-2H3,(H2,11,14)(H,15,16)(H2,12,13,17). The van der Waals surface area contributed by atoms with Gasteiger partial charge >= 0.3 is 12.0 Å². The van der Waals surface area contributed by atoms with E-state index in [4.69, 9.17) is 10.8 Å². The fourth-order valence-electron chi connectivity index (χ4n) is 1.17. The third-order valence-electron chi connectivity index (χ3n) is 2.87. The highest BCUT2D eigenvalue weighted by Crippen LogP contribution is 2.35. The lowest BCUT2D eigenvalue weighted by atomic mass is 9.93. The molecule has 0 aromatic rings. The smallest absolute Gasteiger partial charge is 0.329 e. The van der Waals surface area contributed by atoms with Crippen LogP contribution in [0.1, 0.15) is 26.7 Å². The van der Waals surface area contributed by atoms with Crippen molar-refractivity contribution in [2.75, 3.05) is 6.54 Å². The highest BCUT2D eigenvalue weighted by molar-refractivity contribution is 5.89. The quantitative estimate of drug-likeness (QED) is 0.515. The van der Waals surface area contributed by atoms with E-state index in [2.05, 4.69) is 10.6 Å². The van der Waals surface area contributed by atoms with E-state index in [9.17, 15) is 14.4 Å². The zero-order chi connectivity index (χ0) is 13.3. The van der Waals surface area contributed by atoms with Gasteiger partial charge in [0, 0.05) is 6.54 Å². The molecule has 0 aromatic heterocycles. The molecule has 7 heteroatoms. The Labute approximate surface area is 98.7 Å². The van der Waals surface area contributed by atoms with Gasteiger partial charge in [-0.25, -0.2) is 9.59 Å². The maximum Gasteiger partial charge on any atom is 0.329 e. The van der Waals surface area contributed by atoms with Crippen molar-refractivity contribution in [2.24, 2.45) is 11.1 Å². The number of carboxylic acid groups (broad SMARTS) is 1. The monoisotopic (exact) mass is 243 g/mol. The number of hydrogen-bond donors (Lipinski definition) is 4. The van der Waals surface area contributed by atoms with E-state index < -0.39 is 28.9 Å². The Morgan fingerprint density at radius 1 is 1.35 bits per heavy atom. The van der Waals surface area contributed by atoms with Crippen LogP contribution in [-0.2, 0) is 9.59 Å². The van der Waals surface area contributed by atoms with Crippen LogP contribution in [0.4, 0.5) is 4.79 Å². The molecule has 0 unspecified atom stereocenters. The average molecular weight is 243 g/mol. The predicted molar refractivity (Wildman–Crippen MR) is 59.1 cm³/mol. The lowest BCUT2D eigenvalue weighted by Gasteiger charge is -2.21. The number of amides is 3. The normalized spacial score (nSPS) is 17.1. The minimum absolute atomic E-state index is 0.0594. The van der Waals surface area contributed by atoms with Crippen LogP contribution >= 0.6 is 0 Å². The highest BCUT2D eigenvalue weighted by atomic mass is 16.4. The van der Waals surface area contributed by atoms with E-state index in [1.165, 1.54) is 0 Å². The molecule has 7 nitrogen and oxygen atoms in total.